The van der Waals surface area contributed by atoms with Gasteiger partial charge in [-0.05, 0) is 56.4 Å². The van der Waals surface area contributed by atoms with Crippen LogP contribution in [0.15, 0.2) is 47.6 Å². The van der Waals surface area contributed by atoms with Crippen LogP contribution in [0.4, 0.5) is 5.69 Å². The molecule has 2 amide bonds. The number of aryl methyl sites for hydroxylation is 1. The number of sulfonamides is 1. The molecule has 0 aliphatic carbocycles. The van der Waals surface area contributed by atoms with Crippen molar-refractivity contribution in [3.8, 4) is 0 Å². The van der Waals surface area contributed by atoms with Gasteiger partial charge >= 0.3 is 0 Å². The Morgan fingerprint density at radius 1 is 1.03 bits per heavy atom. The second-order valence-corrected chi connectivity index (χ2v) is 10.3. The van der Waals surface area contributed by atoms with Gasteiger partial charge < -0.3 is 10.2 Å². The predicted octanol–water partition coefficient (Wildman–Crippen LogP) is 2.67. The van der Waals surface area contributed by atoms with Crippen molar-refractivity contribution in [1.82, 2.24) is 14.2 Å². The Labute approximate surface area is 188 Å². The highest BCUT2D eigenvalue weighted by atomic mass is 32.2. The van der Waals surface area contributed by atoms with E-state index in [0.29, 0.717) is 24.1 Å². The number of para-hydroxylation sites is 1. The first-order valence-electron chi connectivity index (χ1n) is 11.0. The number of benzene rings is 1. The largest absolute Gasteiger partial charge is 0.339 e. The average Bonchev–Trinajstić information content (AvgIpc) is 3.35. The Hall–Kier alpha value is -2.78. The normalized spacial score (nSPS) is 18.0. The molecule has 4 rings (SSSR count). The Morgan fingerprint density at radius 2 is 1.75 bits per heavy atom. The Balaban J connectivity index is 1.43. The van der Waals surface area contributed by atoms with Gasteiger partial charge in [0.25, 0.3) is 5.91 Å². The van der Waals surface area contributed by atoms with Crippen molar-refractivity contribution in [2.24, 2.45) is 5.92 Å². The lowest BCUT2D eigenvalue weighted by atomic mass is 9.96. The maximum absolute atomic E-state index is 13.0. The molecule has 2 aliphatic heterocycles. The van der Waals surface area contributed by atoms with Gasteiger partial charge in [0.2, 0.25) is 15.9 Å². The standard InChI is InChI=1S/C23H28N4O4S/c1-17-6-4-8-20(23(29)26-12-2-3-13-26)21(17)25-22(28)18-9-14-27(15-10-18)32(30,31)19-7-5-11-24-16-19/h4-8,11,16,18H,2-3,9-10,12-15H2,1H3,(H,25,28). The smallest absolute Gasteiger partial charge is 0.255 e. The Kier molecular flexibility index (Phi) is 6.57. The molecule has 0 atom stereocenters. The number of piperidine rings is 1. The number of rotatable bonds is 5. The summed E-state index contributed by atoms with van der Waals surface area (Å²) in [5.41, 5.74) is 1.90. The third-order valence-corrected chi connectivity index (χ3v) is 8.12. The molecular weight excluding hydrogens is 428 g/mol. The minimum Gasteiger partial charge on any atom is -0.339 e. The van der Waals surface area contributed by atoms with Crippen LogP contribution in [0.2, 0.25) is 0 Å². The molecule has 3 heterocycles. The van der Waals surface area contributed by atoms with Crippen LogP contribution >= 0.6 is 0 Å². The molecule has 2 aliphatic rings. The quantitative estimate of drug-likeness (QED) is 0.746. The molecule has 32 heavy (non-hydrogen) atoms. The number of hydrogen-bond acceptors (Lipinski definition) is 5. The predicted molar refractivity (Wildman–Crippen MR) is 121 cm³/mol. The van der Waals surface area contributed by atoms with Gasteiger partial charge in [-0.2, -0.15) is 4.31 Å². The zero-order chi connectivity index (χ0) is 22.7. The van der Waals surface area contributed by atoms with E-state index in [4.69, 9.17) is 0 Å². The molecule has 1 N–H and O–H groups in total. The molecule has 9 heteroatoms. The molecule has 0 spiro atoms. The lowest BCUT2D eigenvalue weighted by Gasteiger charge is -2.30. The minimum atomic E-state index is -3.62. The summed E-state index contributed by atoms with van der Waals surface area (Å²) in [7, 11) is -3.62. The molecule has 2 fully saturated rings. The molecule has 0 saturated carbocycles. The van der Waals surface area contributed by atoms with Crippen LogP contribution in [0.3, 0.4) is 0 Å². The zero-order valence-electron chi connectivity index (χ0n) is 18.2. The summed E-state index contributed by atoms with van der Waals surface area (Å²) in [5.74, 6) is -0.545. The number of anilines is 1. The van der Waals surface area contributed by atoms with Crippen molar-refractivity contribution in [1.29, 1.82) is 0 Å². The molecular formula is C23H28N4O4S. The van der Waals surface area contributed by atoms with Gasteiger partial charge in [0.1, 0.15) is 4.90 Å². The third-order valence-electron chi connectivity index (χ3n) is 6.24. The monoisotopic (exact) mass is 456 g/mol. The van der Waals surface area contributed by atoms with Gasteiger partial charge in [-0.1, -0.05) is 12.1 Å². The molecule has 2 saturated heterocycles. The number of likely N-dealkylation sites (tertiary alicyclic amines) is 1. The molecule has 1 aromatic heterocycles. The number of amides is 2. The highest BCUT2D eigenvalue weighted by Gasteiger charge is 2.33. The van der Waals surface area contributed by atoms with Crippen LogP contribution < -0.4 is 5.32 Å². The first kappa shape index (κ1) is 22.4. The van der Waals surface area contributed by atoms with Crippen molar-refractivity contribution in [2.75, 3.05) is 31.5 Å². The van der Waals surface area contributed by atoms with Gasteiger partial charge in [0.15, 0.2) is 0 Å². The number of carbonyl (C=O) groups is 2. The van der Waals surface area contributed by atoms with E-state index in [0.717, 1.165) is 31.5 Å². The van der Waals surface area contributed by atoms with Gasteiger partial charge in [-0.25, -0.2) is 8.42 Å². The molecule has 0 unspecified atom stereocenters. The number of hydrogen-bond donors (Lipinski definition) is 1. The minimum absolute atomic E-state index is 0.0566. The summed E-state index contributed by atoms with van der Waals surface area (Å²) >= 11 is 0. The molecule has 1 aromatic carbocycles. The molecule has 8 nitrogen and oxygen atoms in total. The van der Waals surface area contributed by atoms with Crippen molar-refractivity contribution in [3.63, 3.8) is 0 Å². The number of carbonyl (C=O) groups excluding carboxylic acids is 2. The van der Waals surface area contributed by atoms with E-state index in [9.17, 15) is 18.0 Å². The van der Waals surface area contributed by atoms with E-state index in [1.165, 1.54) is 22.8 Å². The van der Waals surface area contributed by atoms with E-state index in [-0.39, 0.29) is 35.7 Å². The van der Waals surface area contributed by atoms with Crippen molar-refractivity contribution >= 4 is 27.5 Å². The molecule has 2 aromatic rings. The molecule has 0 bridgehead atoms. The van der Waals surface area contributed by atoms with E-state index in [2.05, 4.69) is 10.3 Å². The summed E-state index contributed by atoms with van der Waals surface area (Å²) in [4.78, 5) is 31.9. The van der Waals surface area contributed by atoms with Crippen molar-refractivity contribution in [3.05, 3.63) is 53.9 Å². The molecule has 170 valence electrons. The maximum Gasteiger partial charge on any atom is 0.255 e. The fourth-order valence-electron chi connectivity index (χ4n) is 4.33. The zero-order valence-corrected chi connectivity index (χ0v) is 19.0. The highest BCUT2D eigenvalue weighted by molar-refractivity contribution is 7.89. The van der Waals surface area contributed by atoms with Gasteiger partial charge in [0, 0.05) is 44.5 Å². The average molecular weight is 457 g/mol. The second-order valence-electron chi connectivity index (χ2n) is 8.35. The summed E-state index contributed by atoms with van der Waals surface area (Å²) in [6.07, 6.45) is 5.72. The van der Waals surface area contributed by atoms with Crippen LogP contribution in [0.5, 0.6) is 0 Å². The van der Waals surface area contributed by atoms with Gasteiger partial charge in [-0.15, -0.1) is 0 Å². The lowest BCUT2D eigenvalue weighted by Crippen LogP contribution is -2.41. The van der Waals surface area contributed by atoms with E-state index in [1.54, 1.807) is 12.1 Å². The third kappa shape index (κ3) is 4.54. The van der Waals surface area contributed by atoms with Gasteiger partial charge in [-0.3, -0.25) is 14.6 Å². The second kappa shape index (κ2) is 9.38. The first-order valence-corrected chi connectivity index (χ1v) is 12.4. The highest BCUT2D eigenvalue weighted by Crippen LogP contribution is 2.28. The SMILES string of the molecule is Cc1cccc(C(=O)N2CCCC2)c1NC(=O)C1CCN(S(=O)(=O)c2cccnc2)CC1. The summed E-state index contributed by atoms with van der Waals surface area (Å²) in [5, 5.41) is 2.97. The number of nitrogens with zero attached hydrogens (tertiary/aromatic N) is 3. The van der Waals surface area contributed by atoms with Gasteiger partial charge in [0.05, 0.1) is 11.3 Å². The summed E-state index contributed by atoms with van der Waals surface area (Å²) in [6.45, 7) is 3.89. The van der Waals surface area contributed by atoms with E-state index >= 15 is 0 Å². The Bertz CT molecular complexity index is 1090. The summed E-state index contributed by atoms with van der Waals surface area (Å²) < 4.78 is 27.0. The van der Waals surface area contributed by atoms with Crippen LogP contribution in [0, 0.1) is 12.8 Å². The number of aromatic nitrogens is 1. The Morgan fingerprint density at radius 3 is 2.41 bits per heavy atom. The fourth-order valence-corrected chi connectivity index (χ4v) is 5.77. The van der Waals surface area contributed by atoms with E-state index < -0.39 is 10.0 Å². The fraction of sp³-hybridized carbons (Fsp3) is 0.435. The summed E-state index contributed by atoms with van der Waals surface area (Å²) in [6, 6.07) is 8.58. The lowest BCUT2D eigenvalue weighted by molar-refractivity contribution is -0.120. The van der Waals surface area contributed by atoms with Crippen molar-refractivity contribution < 1.29 is 18.0 Å². The van der Waals surface area contributed by atoms with Crippen LogP contribution in [-0.4, -0.2) is 60.6 Å². The molecule has 0 radical (unpaired) electrons. The number of nitrogens with one attached hydrogen (secondary N) is 1. The maximum atomic E-state index is 13.0. The first-order chi connectivity index (χ1) is 15.4. The van der Waals surface area contributed by atoms with Crippen LogP contribution in [0.25, 0.3) is 0 Å². The van der Waals surface area contributed by atoms with Crippen molar-refractivity contribution in [2.45, 2.75) is 37.5 Å². The number of pyridine rings is 1. The van der Waals surface area contributed by atoms with E-state index in [1.807, 2.05) is 24.0 Å². The van der Waals surface area contributed by atoms with Crippen LogP contribution in [-0.2, 0) is 14.8 Å². The topological polar surface area (TPSA) is 99.7 Å². The van der Waals surface area contributed by atoms with Crippen LogP contribution in [0.1, 0.15) is 41.6 Å².